The summed E-state index contributed by atoms with van der Waals surface area (Å²) in [6, 6.07) is 14.4. The summed E-state index contributed by atoms with van der Waals surface area (Å²) < 4.78 is 16.9. The minimum Gasteiger partial charge on any atom is -0.490 e. The summed E-state index contributed by atoms with van der Waals surface area (Å²) in [4.78, 5) is 29.4. The van der Waals surface area contributed by atoms with Crippen LogP contribution in [0.3, 0.4) is 0 Å². The fourth-order valence-electron chi connectivity index (χ4n) is 5.37. The molecule has 8 heteroatoms. The number of esters is 2. The van der Waals surface area contributed by atoms with Gasteiger partial charge in [0.2, 0.25) is 0 Å². The third-order valence-electron chi connectivity index (χ3n) is 7.58. The van der Waals surface area contributed by atoms with Gasteiger partial charge in [-0.2, -0.15) is 0 Å². The van der Waals surface area contributed by atoms with Crippen molar-refractivity contribution in [3.63, 3.8) is 0 Å². The molecule has 0 N–H and O–H groups in total. The SMILES string of the molecule is COC(=O)c1ccc(O[C@H]2C[C@H](N(CC3CCN(c4ccc(Br)cc4)CC3)C(C)C)C2)cc1C(=O)OC. The number of carbonyl (C=O) groups is 2. The number of methoxy groups -OCH3 is 2. The van der Waals surface area contributed by atoms with Crippen molar-refractivity contribution in [2.45, 2.75) is 57.7 Å². The molecule has 1 saturated carbocycles. The second kappa shape index (κ2) is 12.3. The number of anilines is 1. The quantitative estimate of drug-likeness (QED) is 0.364. The summed E-state index contributed by atoms with van der Waals surface area (Å²) >= 11 is 3.52. The largest absolute Gasteiger partial charge is 0.490 e. The zero-order valence-electron chi connectivity index (χ0n) is 22.1. The average molecular weight is 574 g/mol. The maximum Gasteiger partial charge on any atom is 0.338 e. The van der Waals surface area contributed by atoms with Crippen LogP contribution >= 0.6 is 15.9 Å². The van der Waals surface area contributed by atoms with Crippen LogP contribution in [0.15, 0.2) is 46.9 Å². The van der Waals surface area contributed by atoms with Crippen LogP contribution in [0, 0.1) is 5.92 Å². The first-order valence-electron chi connectivity index (χ1n) is 13.0. The minimum atomic E-state index is -0.588. The number of hydrogen-bond donors (Lipinski definition) is 0. The molecule has 0 aromatic heterocycles. The van der Waals surface area contributed by atoms with Gasteiger partial charge in [-0.05, 0) is 75.1 Å². The molecular weight excluding hydrogens is 536 g/mol. The molecule has 0 unspecified atom stereocenters. The van der Waals surface area contributed by atoms with Gasteiger partial charge in [-0.15, -0.1) is 0 Å². The van der Waals surface area contributed by atoms with Crippen LogP contribution in [0.4, 0.5) is 5.69 Å². The van der Waals surface area contributed by atoms with Gasteiger partial charge in [-0.25, -0.2) is 9.59 Å². The van der Waals surface area contributed by atoms with Crippen molar-refractivity contribution in [3.05, 3.63) is 58.1 Å². The molecule has 7 nitrogen and oxygen atoms in total. The second-order valence-corrected chi connectivity index (χ2v) is 11.2. The Labute approximate surface area is 228 Å². The summed E-state index contributed by atoms with van der Waals surface area (Å²) in [7, 11) is 2.58. The zero-order valence-corrected chi connectivity index (χ0v) is 23.7. The van der Waals surface area contributed by atoms with Gasteiger partial charge in [-0.1, -0.05) is 15.9 Å². The number of rotatable bonds is 9. The lowest BCUT2D eigenvalue weighted by Crippen LogP contribution is -2.53. The first kappa shape index (κ1) is 27.5. The second-order valence-electron chi connectivity index (χ2n) is 10.3. The Morgan fingerprint density at radius 2 is 1.59 bits per heavy atom. The van der Waals surface area contributed by atoms with Gasteiger partial charge in [-0.3, -0.25) is 4.90 Å². The number of ether oxygens (including phenoxy) is 3. The number of benzene rings is 2. The maximum atomic E-state index is 12.2. The van der Waals surface area contributed by atoms with Crippen molar-refractivity contribution in [2.24, 2.45) is 5.92 Å². The van der Waals surface area contributed by atoms with Gasteiger partial charge in [0.05, 0.1) is 25.3 Å². The fraction of sp³-hybridized carbons (Fsp3) is 0.517. The highest BCUT2D eigenvalue weighted by Crippen LogP contribution is 2.34. The number of halogens is 1. The van der Waals surface area contributed by atoms with Gasteiger partial charge >= 0.3 is 11.9 Å². The number of piperidine rings is 1. The standard InChI is InChI=1S/C29H37BrN2O5/c1-19(2)32(18-20-11-13-31(14-12-20)22-7-5-21(30)6-8-22)23-15-25(16-23)37-24-9-10-26(28(33)35-3)27(17-24)29(34)36-4/h5-10,17,19-20,23,25H,11-16,18H2,1-4H3/t23-,25-. The maximum absolute atomic E-state index is 12.2. The van der Waals surface area contributed by atoms with Crippen molar-refractivity contribution < 1.29 is 23.8 Å². The summed E-state index contributed by atoms with van der Waals surface area (Å²) in [6.07, 6.45) is 4.38. The molecule has 1 saturated heterocycles. The fourth-order valence-corrected chi connectivity index (χ4v) is 5.63. The van der Waals surface area contributed by atoms with E-state index in [1.165, 1.54) is 32.7 Å². The Hall–Kier alpha value is -2.58. The van der Waals surface area contributed by atoms with Crippen LogP contribution in [0.1, 0.15) is 60.2 Å². The topological polar surface area (TPSA) is 68.3 Å². The summed E-state index contributed by atoms with van der Waals surface area (Å²) in [5.74, 6) is 0.0934. The first-order chi connectivity index (χ1) is 17.8. The predicted molar refractivity (Wildman–Crippen MR) is 147 cm³/mol. The Morgan fingerprint density at radius 1 is 0.973 bits per heavy atom. The molecule has 4 rings (SSSR count). The lowest BCUT2D eigenvalue weighted by Gasteiger charge is -2.46. The van der Waals surface area contributed by atoms with Crippen molar-refractivity contribution in [1.82, 2.24) is 4.90 Å². The van der Waals surface area contributed by atoms with Gasteiger partial charge in [0.1, 0.15) is 11.9 Å². The van der Waals surface area contributed by atoms with Gasteiger partial charge in [0.25, 0.3) is 0 Å². The average Bonchev–Trinajstić information content (AvgIpc) is 2.89. The molecule has 2 aromatic carbocycles. The Bertz CT molecular complexity index is 1080. The highest BCUT2D eigenvalue weighted by Gasteiger charge is 2.37. The molecule has 0 bridgehead atoms. The van der Waals surface area contributed by atoms with Gasteiger partial charge in [0, 0.05) is 54.7 Å². The van der Waals surface area contributed by atoms with E-state index in [2.05, 4.69) is 63.8 Å². The molecule has 1 aliphatic heterocycles. The molecule has 2 aromatic rings. The number of carbonyl (C=O) groups excluding carboxylic acids is 2. The molecule has 1 heterocycles. The van der Waals surface area contributed by atoms with E-state index in [1.807, 2.05) is 0 Å². The first-order valence-corrected chi connectivity index (χ1v) is 13.8. The lowest BCUT2D eigenvalue weighted by molar-refractivity contribution is -0.00664. The summed E-state index contributed by atoms with van der Waals surface area (Å²) in [5.41, 5.74) is 1.63. The van der Waals surface area contributed by atoms with E-state index in [9.17, 15) is 9.59 Å². The van der Waals surface area contributed by atoms with E-state index in [-0.39, 0.29) is 17.2 Å². The molecule has 2 fully saturated rings. The van der Waals surface area contributed by atoms with E-state index in [0.717, 1.165) is 36.9 Å². The van der Waals surface area contributed by atoms with Crippen molar-refractivity contribution in [1.29, 1.82) is 0 Å². The third-order valence-corrected chi connectivity index (χ3v) is 8.11. The molecule has 2 aliphatic rings. The molecule has 0 spiro atoms. The molecule has 0 amide bonds. The van der Waals surface area contributed by atoms with Crippen LogP contribution in [-0.4, -0.2) is 68.9 Å². The Morgan fingerprint density at radius 3 is 2.19 bits per heavy atom. The molecule has 200 valence electrons. The van der Waals surface area contributed by atoms with Crippen LogP contribution in [-0.2, 0) is 9.47 Å². The number of hydrogen-bond acceptors (Lipinski definition) is 7. The molecule has 1 aliphatic carbocycles. The molecule has 0 atom stereocenters. The molecular formula is C29H37BrN2O5. The summed E-state index contributed by atoms with van der Waals surface area (Å²) in [6.45, 7) is 7.86. The van der Waals surface area contributed by atoms with Crippen LogP contribution in [0.25, 0.3) is 0 Å². The smallest absolute Gasteiger partial charge is 0.338 e. The van der Waals surface area contributed by atoms with E-state index in [0.29, 0.717) is 23.8 Å². The van der Waals surface area contributed by atoms with Gasteiger partial charge in [0.15, 0.2) is 0 Å². The van der Waals surface area contributed by atoms with Crippen LogP contribution < -0.4 is 9.64 Å². The van der Waals surface area contributed by atoms with Crippen molar-refractivity contribution in [2.75, 3.05) is 38.8 Å². The Kier molecular flexibility index (Phi) is 9.13. The zero-order chi connectivity index (χ0) is 26.5. The summed E-state index contributed by atoms with van der Waals surface area (Å²) in [5, 5.41) is 0. The third kappa shape index (κ3) is 6.65. The lowest BCUT2D eigenvalue weighted by atomic mass is 9.85. The number of nitrogens with zero attached hydrogens (tertiary/aromatic N) is 2. The van der Waals surface area contributed by atoms with Gasteiger partial charge < -0.3 is 19.1 Å². The van der Waals surface area contributed by atoms with Crippen LogP contribution in [0.5, 0.6) is 5.75 Å². The predicted octanol–water partition coefficient (Wildman–Crippen LogP) is 5.56. The van der Waals surface area contributed by atoms with E-state index in [1.54, 1.807) is 18.2 Å². The van der Waals surface area contributed by atoms with E-state index < -0.39 is 11.9 Å². The minimum absolute atomic E-state index is 0.0833. The van der Waals surface area contributed by atoms with Crippen molar-refractivity contribution in [3.8, 4) is 5.75 Å². The molecule has 37 heavy (non-hydrogen) atoms. The molecule has 0 radical (unpaired) electrons. The van der Waals surface area contributed by atoms with Crippen molar-refractivity contribution >= 4 is 33.6 Å². The van der Waals surface area contributed by atoms with E-state index in [4.69, 9.17) is 14.2 Å². The highest BCUT2D eigenvalue weighted by molar-refractivity contribution is 9.10. The normalized spacial score (nSPS) is 20.0. The highest BCUT2D eigenvalue weighted by atomic mass is 79.9. The Balaban J connectivity index is 1.30. The van der Waals surface area contributed by atoms with Crippen LogP contribution in [0.2, 0.25) is 0 Å². The van der Waals surface area contributed by atoms with E-state index >= 15 is 0 Å². The monoisotopic (exact) mass is 572 g/mol.